The highest BCUT2D eigenvalue weighted by Gasteiger charge is 2.57. The lowest BCUT2D eigenvalue weighted by molar-refractivity contribution is -0.298. The molecule has 0 spiro atoms. The molecule has 0 aromatic rings. The second-order valence-electron chi connectivity index (χ2n) is 8.58. The van der Waals surface area contributed by atoms with Crippen LogP contribution in [-0.4, -0.2) is 90.2 Å². The molecule has 1 saturated heterocycles. The number of aliphatic hydroxyl groups is 2. The predicted octanol–water partition coefficient (Wildman–Crippen LogP) is 0.277. The first-order chi connectivity index (χ1) is 15.8. The maximum Gasteiger partial charge on any atom is 0.407 e. The second-order valence-corrected chi connectivity index (χ2v) is 8.58. The van der Waals surface area contributed by atoms with Gasteiger partial charge in [-0.3, -0.25) is 4.79 Å². The van der Waals surface area contributed by atoms with Crippen LogP contribution >= 0.6 is 0 Å². The number of aliphatic hydroxyl groups excluding tert-OH is 2. The molecule has 1 unspecified atom stereocenters. The summed E-state index contributed by atoms with van der Waals surface area (Å²) in [6, 6.07) is -2.26. The molecule has 1 heterocycles. The number of carbonyl (C=O) groups is 3. The van der Waals surface area contributed by atoms with E-state index in [2.05, 4.69) is 27.2 Å². The van der Waals surface area contributed by atoms with E-state index in [0.29, 0.717) is 0 Å². The predicted molar refractivity (Wildman–Crippen MR) is 117 cm³/mol. The highest BCUT2D eigenvalue weighted by molar-refractivity contribution is 5.79. The molecule has 0 radical (unpaired) electrons. The molecule has 14 heteroatoms. The molecular weight excluding hydrogens is 454 g/mol. The number of hydrogen-bond donors (Lipinski definition) is 4. The SMILES string of the molecule is C=CCO[C@]1(C(=O)OC)C[C@@H](NC(=O)OC(C)(C)C)[C@@H](NC(C)=O)C([C@H](O)[C@H](O)CN=[N+]=[N-])O1. The number of methoxy groups -OCH3 is 1. The molecule has 1 fully saturated rings. The second kappa shape index (κ2) is 12.5. The number of amides is 2. The van der Waals surface area contributed by atoms with E-state index in [-0.39, 0.29) is 13.0 Å². The average Bonchev–Trinajstić information content (AvgIpc) is 2.74. The Bertz CT molecular complexity index is 796. The first-order valence-electron chi connectivity index (χ1n) is 10.4. The standard InChI is InChI=1S/C20H33N5O9/c1-7-8-32-20(17(29)31-6)9-12(24-18(30)34-19(3,4)5)14(23-11(2)26)16(33-20)15(28)13(27)10-22-25-21/h7,12-16,27-28H,1,8-10H2,2-6H3,(H,23,26)(H,24,30)/t12-,13-,14-,15-,16?,20-/m1/s1. The van der Waals surface area contributed by atoms with Crippen molar-refractivity contribution in [3.63, 3.8) is 0 Å². The average molecular weight is 488 g/mol. The number of esters is 1. The van der Waals surface area contributed by atoms with Gasteiger partial charge in [-0.15, -0.1) is 6.58 Å². The van der Waals surface area contributed by atoms with E-state index in [1.54, 1.807) is 20.8 Å². The van der Waals surface area contributed by atoms with E-state index in [1.807, 2.05) is 0 Å². The Morgan fingerprint density at radius 1 is 1.35 bits per heavy atom. The van der Waals surface area contributed by atoms with Gasteiger partial charge in [-0.25, -0.2) is 9.59 Å². The summed E-state index contributed by atoms with van der Waals surface area (Å²) in [5, 5.41) is 29.5. The van der Waals surface area contributed by atoms with E-state index < -0.39 is 66.3 Å². The van der Waals surface area contributed by atoms with Gasteiger partial charge < -0.3 is 39.8 Å². The number of azide groups is 1. The minimum absolute atomic E-state index is 0.177. The topological polar surface area (TPSA) is 201 Å². The minimum Gasteiger partial charge on any atom is -0.465 e. The lowest BCUT2D eigenvalue weighted by Crippen LogP contribution is -2.71. The maximum absolute atomic E-state index is 12.7. The first kappa shape index (κ1) is 29.1. The molecule has 34 heavy (non-hydrogen) atoms. The first-order valence-corrected chi connectivity index (χ1v) is 10.4. The number of nitrogens with one attached hydrogen (secondary N) is 2. The van der Waals surface area contributed by atoms with E-state index in [9.17, 15) is 24.6 Å². The summed E-state index contributed by atoms with van der Waals surface area (Å²) in [5.41, 5.74) is 7.66. The molecule has 0 bridgehead atoms. The Morgan fingerprint density at radius 2 is 2.00 bits per heavy atom. The van der Waals surface area contributed by atoms with Crippen LogP contribution < -0.4 is 10.6 Å². The Morgan fingerprint density at radius 3 is 2.50 bits per heavy atom. The zero-order valence-electron chi connectivity index (χ0n) is 19.9. The molecule has 4 N–H and O–H groups in total. The van der Waals surface area contributed by atoms with Gasteiger partial charge in [0.1, 0.15) is 17.8 Å². The quantitative estimate of drug-likeness (QED) is 0.110. The van der Waals surface area contributed by atoms with Gasteiger partial charge in [-0.1, -0.05) is 11.2 Å². The molecule has 0 aliphatic carbocycles. The summed E-state index contributed by atoms with van der Waals surface area (Å²) >= 11 is 0. The molecule has 192 valence electrons. The van der Waals surface area contributed by atoms with Crippen molar-refractivity contribution in [1.29, 1.82) is 0 Å². The molecule has 1 aliphatic rings. The van der Waals surface area contributed by atoms with Crippen LogP contribution in [0.15, 0.2) is 17.8 Å². The summed E-state index contributed by atoms with van der Waals surface area (Å²) < 4.78 is 21.5. The van der Waals surface area contributed by atoms with Gasteiger partial charge in [0.05, 0.1) is 38.4 Å². The van der Waals surface area contributed by atoms with Gasteiger partial charge in [0.2, 0.25) is 5.91 Å². The summed E-state index contributed by atoms with van der Waals surface area (Å²) in [5.74, 6) is -3.70. The Kier molecular flexibility index (Phi) is 10.7. The number of ether oxygens (including phenoxy) is 4. The summed E-state index contributed by atoms with van der Waals surface area (Å²) in [4.78, 5) is 39.8. The lowest BCUT2D eigenvalue weighted by atomic mass is 9.86. The molecule has 6 atom stereocenters. The van der Waals surface area contributed by atoms with Crippen molar-refractivity contribution in [2.24, 2.45) is 5.11 Å². The summed E-state index contributed by atoms with van der Waals surface area (Å²) in [7, 11) is 1.09. The van der Waals surface area contributed by atoms with Crippen LogP contribution in [0.4, 0.5) is 4.79 Å². The smallest absolute Gasteiger partial charge is 0.407 e. The number of hydrogen-bond acceptors (Lipinski definition) is 10. The largest absolute Gasteiger partial charge is 0.465 e. The third-order valence-electron chi connectivity index (χ3n) is 4.67. The van der Waals surface area contributed by atoms with Crippen LogP contribution in [0, 0.1) is 0 Å². The van der Waals surface area contributed by atoms with Crippen LogP contribution in [-0.2, 0) is 28.5 Å². The highest BCUT2D eigenvalue weighted by atomic mass is 16.7. The normalized spacial score (nSPS) is 26.3. The van der Waals surface area contributed by atoms with Crippen LogP contribution in [0.3, 0.4) is 0 Å². The van der Waals surface area contributed by atoms with Crippen molar-refractivity contribution in [3.05, 3.63) is 23.1 Å². The van der Waals surface area contributed by atoms with E-state index in [1.165, 1.54) is 13.0 Å². The molecule has 2 amide bonds. The molecular formula is C20H33N5O9. The molecule has 0 aromatic carbocycles. The highest BCUT2D eigenvalue weighted by Crippen LogP contribution is 2.34. The Labute approximate surface area is 197 Å². The van der Waals surface area contributed by atoms with Crippen LogP contribution in [0.2, 0.25) is 0 Å². The molecule has 0 saturated carbocycles. The molecule has 14 nitrogen and oxygen atoms in total. The fourth-order valence-electron chi connectivity index (χ4n) is 3.37. The third-order valence-corrected chi connectivity index (χ3v) is 4.67. The van der Waals surface area contributed by atoms with Crippen molar-refractivity contribution in [2.75, 3.05) is 20.3 Å². The van der Waals surface area contributed by atoms with Gasteiger partial charge >= 0.3 is 12.1 Å². The molecule has 1 aliphatic heterocycles. The van der Waals surface area contributed by atoms with Gasteiger partial charge in [-0.2, -0.15) is 0 Å². The zero-order valence-corrected chi connectivity index (χ0v) is 19.9. The number of nitrogens with zero attached hydrogens (tertiary/aromatic N) is 3. The minimum atomic E-state index is -2.15. The van der Waals surface area contributed by atoms with Crippen molar-refractivity contribution in [1.82, 2.24) is 10.6 Å². The van der Waals surface area contributed by atoms with Crippen molar-refractivity contribution in [3.8, 4) is 0 Å². The van der Waals surface area contributed by atoms with Crippen molar-refractivity contribution < 1.29 is 43.5 Å². The molecule has 0 aromatic heterocycles. The zero-order chi connectivity index (χ0) is 26.1. The van der Waals surface area contributed by atoms with Crippen LogP contribution in [0.5, 0.6) is 0 Å². The van der Waals surface area contributed by atoms with Crippen LogP contribution in [0.1, 0.15) is 34.1 Å². The number of carbonyl (C=O) groups excluding carboxylic acids is 3. The van der Waals surface area contributed by atoms with Gasteiger partial charge in [-0.05, 0) is 26.3 Å². The number of alkyl carbamates (subject to hydrolysis) is 1. The van der Waals surface area contributed by atoms with Gasteiger partial charge in [0, 0.05) is 18.3 Å². The fourth-order valence-corrected chi connectivity index (χ4v) is 3.37. The Hall–Kier alpha value is -2.90. The monoisotopic (exact) mass is 487 g/mol. The van der Waals surface area contributed by atoms with Crippen molar-refractivity contribution >= 4 is 18.0 Å². The van der Waals surface area contributed by atoms with Gasteiger partial charge in [0.15, 0.2) is 0 Å². The van der Waals surface area contributed by atoms with E-state index in [4.69, 9.17) is 24.5 Å². The maximum atomic E-state index is 12.7. The Balaban J connectivity index is 3.51. The third kappa shape index (κ3) is 8.15. The summed E-state index contributed by atoms with van der Waals surface area (Å²) in [6.45, 7) is 8.94. The van der Waals surface area contributed by atoms with Crippen molar-refractivity contribution in [2.45, 2.75) is 75.9 Å². The van der Waals surface area contributed by atoms with E-state index >= 15 is 0 Å². The number of rotatable bonds is 10. The lowest BCUT2D eigenvalue weighted by Gasteiger charge is -2.48. The van der Waals surface area contributed by atoms with Gasteiger partial charge in [0.25, 0.3) is 5.79 Å². The molecule has 1 rings (SSSR count). The van der Waals surface area contributed by atoms with E-state index in [0.717, 1.165) is 7.11 Å². The van der Waals surface area contributed by atoms with Crippen LogP contribution in [0.25, 0.3) is 10.4 Å². The fraction of sp³-hybridized carbons (Fsp3) is 0.750. The summed E-state index contributed by atoms with van der Waals surface area (Å²) in [6.07, 6.45) is -4.85.